The van der Waals surface area contributed by atoms with Gasteiger partial charge in [-0.3, -0.25) is 4.79 Å². The Kier molecular flexibility index (Phi) is 3.65. The van der Waals surface area contributed by atoms with Crippen LogP contribution in [0.15, 0.2) is 36.4 Å². The second-order valence-electron chi connectivity index (χ2n) is 6.61. The highest BCUT2D eigenvalue weighted by Crippen LogP contribution is 2.42. The molecule has 1 amide bonds. The number of rotatable bonds is 3. The molecule has 0 radical (unpaired) electrons. The average molecular weight is 310 g/mol. The van der Waals surface area contributed by atoms with Gasteiger partial charge in [-0.1, -0.05) is 29.8 Å². The first-order valence-electron chi connectivity index (χ1n) is 7.70. The highest BCUT2D eigenvalue weighted by Gasteiger charge is 2.40. The number of amides is 1. The van der Waals surface area contributed by atoms with Gasteiger partial charge >= 0.3 is 0 Å². The fourth-order valence-corrected chi connectivity index (χ4v) is 3.10. The summed E-state index contributed by atoms with van der Waals surface area (Å²) in [4.78, 5) is 12.3. The molecule has 0 saturated carbocycles. The van der Waals surface area contributed by atoms with Crippen LogP contribution in [0, 0.1) is 6.92 Å². The third-order valence-electron chi connectivity index (χ3n) is 4.58. The summed E-state index contributed by atoms with van der Waals surface area (Å²) >= 11 is 0. The van der Waals surface area contributed by atoms with Gasteiger partial charge in [0.2, 0.25) is 5.91 Å². The van der Waals surface area contributed by atoms with Crippen molar-refractivity contribution in [1.82, 2.24) is 0 Å². The summed E-state index contributed by atoms with van der Waals surface area (Å²) in [6.07, 6.45) is 0. The number of hydrogen-bond acceptors (Lipinski definition) is 3. The maximum absolute atomic E-state index is 12.3. The monoisotopic (exact) mass is 310 g/mol. The van der Waals surface area contributed by atoms with Crippen molar-refractivity contribution in [3.63, 3.8) is 0 Å². The minimum atomic E-state index is -0.537. The van der Waals surface area contributed by atoms with Gasteiger partial charge in [-0.2, -0.15) is 0 Å². The lowest BCUT2D eigenvalue weighted by molar-refractivity contribution is -0.119. The molecule has 1 heterocycles. The molecule has 1 aliphatic rings. The zero-order valence-electron chi connectivity index (χ0n) is 13.9. The normalized spacial score (nSPS) is 16.7. The molecule has 3 N–H and O–H groups in total. The Morgan fingerprint density at radius 2 is 1.96 bits per heavy atom. The molecule has 0 bridgehead atoms. The molecule has 3 rings (SSSR count). The third kappa shape index (κ3) is 2.49. The van der Waals surface area contributed by atoms with E-state index in [4.69, 9.17) is 10.5 Å². The highest BCUT2D eigenvalue weighted by atomic mass is 16.5. The molecule has 4 nitrogen and oxygen atoms in total. The van der Waals surface area contributed by atoms with Crippen LogP contribution in [0.3, 0.4) is 0 Å². The molecule has 0 fully saturated rings. The van der Waals surface area contributed by atoms with E-state index in [0.29, 0.717) is 0 Å². The average Bonchev–Trinajstić information content (AvgIpc) is 2.76. The number of benzene rings is 2. The molecule has 1 atom stereocenters. The van der Waals surface area contributed by atoms with Crippen LogP contribution in [-0.4, -0.2) is 13.0 Å². The third-order valence-corrected chi connectivity index (χ3v) is 4.58. The number of anilines is 1. The summed E-state index contributed by atoms with van der Waals surface area (Å²) in [6, 6.07) is 11.5. The fraction of sp³-hybridized carbons (Fsp3) is 0.316. The van der Waals surface area contributed by atoms with Crippen LogP contribution in [0.1, 0.15) is 42.1 Å². The van der Waals surface area contributed by atoms with Gasteiger partial charge in [0, 0.05) is 0 Å². The molecular formula is C19H22N2O2. The number of carbonyl (C=O) groups is 1. The highest BCUT2D eigenvalue weighted by molar-refractivity contribution is 6.06. The van der Waals surface area contributed by atoms with E-state index < -0.39 is 5.41 Å². The Bertz CT molecular complexity index is 781. The van der Waals surface area contributed by atoms with Gasteiger partial charge < -0.3 is 15.8 Å². The number of ether oxygens (including phenoxy) is 1. The van der Waals surface area contributed by atoms with Crippen LogP contribution in [0.4, 0.5) is 5.69 Å². The summed E-state index contributed by atoms with van der Waals surface area (Å²) in [5.74, 6) is 0.781. The van der Waals surface area contributed by atoms with Crippen LogP contribution in [0.5, 0.6) is 5.75 Å². The van der Waals surface area contributed by atoms with Crippen LogP contribution in [-0.2, 0) is 10.2 Å². The smallest absolute Gasteiger partial charge is 0.234 e. The molecule has 0 aromatic heterocycles. The summed E-state index contributed by atoms with van der Waals surface area (Å²) < 4.78 is 5.28. The number of carbonyl (C=O) groups excluding carboxylic acids is 1. The number of methoxy groups -OCH3 is 1. The van der Waals surface area contributed by atoms with Crippen molar-refractivity contribution in [3.8, 4) is 5.75 Å². The number of nitrogens with two attached hydrogens (primary N) is 1. The summed E-state index contributed by atoms with van der Waals surface area (Å²) in [6.45, 7) is 5.91. The quantitative estimate of drug-likeness (QED) is 0.914. The molecule has 0 aliphatic carbocycles. The van der Waals surface area contributed by atoms with Crippen molar-refractivity contribution >= 4 is 11.6 Å². The summed E-state index contributed by atoms with van der Waals surface area (Å²) in [5.41, 5.74) is 10.8. The summed E-state index contributed by atoms with van der Waals surface area (Å²) in [5, 5.41) is 3.01. The summed E-state index contributed by atoms with van der Waals surface area (Å²) in [7, 11) is 1.64. The Morgan fingerprint density at radius 1 is 1.22 bits per heavy atom. The molecule has 1 aliphatic heterocycles. The molecule has 1 unspecified atom stereocenters. The van der Waals surface area contributed by atoms with E-state index in [1.165, 1.54) is 0 Å². The first-order chi connectivity index (χ1) is 10.8. The van der Waals surface area contributed by atoms with Gasteiger partial charge in [0.25, 0.3) is 0 Å². The first kappa shape index (κ1) is 15.6. The van der Waals surface area contributed by atoms with Gasteiger partial charge in [-0.25, -0.2) is 0 Å². The topological polar surface area (TPSA) is 64.3 Å². The largest absolute Gasteiger partial charge is 0.497 e. The lowest BCUT2D eigenvalue weighted by Gasteiger charge is -2.20. The molecule has 23 heavy (non-hydrogen) atoms. The predicted octanol–water partition coefficient (Wildman–Crippen LogP) is 3.28. The molecule has 2 aromatic carbocycles. The zero-order valence-corrected chi connectivity index (χ0v) is 13.9. The van der Waals surface area contributed by atoms with Gasteiger partial charge in [-0.15, -0.1) is 0 Å². The van der Waals surface area contributed by atoms with E-state index in [-0.39, 0.29) is 11.9 Å². The van der Waals surface area contributed by atoms with E-state index in [1.54, 1.807) is 7.11 Å². The number of hydrogen-bond donors (Lipinski definition) is 2. The van der Waals surface area contributed by atoms with E-state index in [9.17, 15) is 4.79 Å². The van der Waals surface area contributed by atoms with Gasteiger partial charge in [-0.05, 0) is 49.6 Å². The molecular weight excluding hydrogens is 288 g/mol. The van der Waals surface area contributed by atoms with Crippen molar-refractivity contribution in [2.75, 3.05) is 12.4 Å². The van der Waals surface area contributed by atoms with E-state index >= 15 is 0 Å². The van der Waals surface area contributed by atoms with Crippen LogP contribution in [0.2, 0.25) is 0 Å². The fourth-order valence-electron chi connectivity index (χ4n) is 3.10. The van der Waals surface area contributed by atoms with Crippen LogP contribution < -0.4 is 15.8 Å². The lowest BCUT2D eigenvalue weighted by atomic mass is 9.83. The molecule has 4 heteroatoms. The Morgan fingerprint density at radius 3 is 2.65 bits per heavy atom. The van der Waals surface area contributed by atoms with Gasteiger partial charge in [0.05, 0.1) is 24.3 Å². The minimum Gasteiger partial charge on any atom is -0.497 e. The second kappa shape index (κ2) is 5.39. The van der Waals surface area contributed by atoms with E-state index in [0.717, 1.165) is 33.7 Å². The maximum atomic E-state index is 12.3. The van der Waals surface area contributed by atoms with Crippen molar-refractivity contribution in [2.24, 2.45) is 5.73 Å². The van der Waals surface area contributed by atoms with E-state index in [2.05, 4.69) is 11.4 Å². The number of nitrogens with one attached hydrogen (secondary N) is 1. The van der Waals surface area contributed by atoms with Crippen molar-refractivity contribution < 1.29 is 9.53 Å². The van der Waals surface area contributed by atoms with Crippen molar-refractivity contribution in [2.45, 2.75) is 32.2 Å². The predicted molar refractivity (Wildman–Crippen MR) is 91.9 cm³/mol. The van der Waals surface area contributed by atoms with Crippen molar-refractivity contribution in [1.29, 1.82) is 0 Å². The minimum absolute atomic E-state index is 0.0113. The molecule has 0 spiro atoms. The Balaban J connectivity index is 2.12. The number of fused-ring (bicyclic) bond motifs is 1. The molecule has 0 saturated heterocycles. The maximum Gasteiger partial charge on any atom is 0.234 e. The van der Waals surface area contributed by atoms with E-state index in [1.807, 2.05) is 51.1 Å². The molecule has 120 valence electrons. The lowest BCUT2D eigenvalue weighted by Crippen LogP contribution is -2.26. The Hall–Kier alpha value is -2.33. The standard InChI is InChI=1S/C19H22N2O2/c1-11-8-14(16(20)12-6-5-7-13(10-12)23-4)17-15(9-11)19(2,3)18(22)21-17/h5-10,16H,20H2,1-4H3,(H,21,22). The van der Waals surface area contributed by atoms with Crippen LogP contribution in [0.25, 0.3) is 0 Å². The van der Waals surface area contributed by atoms with Gasteiger partial charge in [0.1, 0.15) is 5.75 Å². The van der Waals surface area contributed by atoms with Crippen molar-refractivity contribution in [3.05, 3.63) is 58.7 Å². The number of aryl methyl sites for hydroxylation is 1. The zero-order chi connectivity index (χ0) is 16.8. The first-order valence-corrected chi connectivity index (χ1v) is 7.70. The second-order valence-corrected chi connectivity index (χ2v) is 6.61. The SMILES string of the molecule is COc1cccc(C(N)c2cc(C)cc3c2NC(=O)C3(C)C)c1. The van der Waals surface area contributed by atoms with Crippen LogP contribution >= 0.6 is 0 Å². The Labute approximate surface area is 136 Å². The van der Waals surface area contributed by atoms with Gasteiger partial charge in [0.15, 0.2) is 0 Å². The molecule has 2 aromatic rings.